The molecule has 0 unspecified atom stereocenters. The molecule has 1 fully saturated rings. The van der Waals surface area contributed by atoms with E-state index in [0.717, 1.165) is 42.2 Å². The molecule has 7 heteroatoms. The molecule has 2 aromatic rings. The van der Waals surface area contributed by atoms with Gasteiger partial charge in [0.05, 0.1) is 0 Å². The van der Waals surface area contributed by atoms with Gasteiger partial charge >= 0.3 is 5.97 Å². The number of rotatable bonds is 3. The van der Waals surface area contributed by atoms with Crippen LogP contribution >= 0.6 is 0 Å². The zero-order valence-electron chi connectivity index (χ0n) is 14.4. The Kier molecular flexibility index (Phi) is 3.88. The summed E-state index contributed by atoms with van der Waals surface area (Å²) < 4.78 is 0. The molecule has 2 amide bonds. The van der Waals surface area contributed by atoms with E-state index in [2.05, 4.69) is 16.8 Å². The molecular formula is C19H19N3O4. The standard InChI is InChI=1S/C19H19N3O4/c1-20-7-9-21(10-8-20)15-6-5-14-17-12(15)3-2-4-13(17)18(25)22(19(14)26)11-16(23)24/h2-6H,7-11H2,1H3,(H,23,24). The van der Waals surface area contributed by atoms with Gasteiger partial charge in [-0.2, -0.15) is 0 Å². The summed E-state index contributed by atoms with van der Waals surface area (Å²) in [5.41, 5.74) is 1.77. The van der Waals surface area contributed by atoms with Crippen molar-refractivity contribution in [2.75, 3.05) is 44.7 Å². The number of hydrogen-bond acceptors (Lipinski definition) is 5. The van der Waals surface area contributed by atoms with E-state index in [1.54, 1.807) is 18.2 Å². The summed E-state index contributed by atoms with van der Waals surface area (Å²) >= 11 is 0. The van der Waals surface area contributed by atoms with Crippen molar-refractivity contribution in [1.82, 2.24) is 9.80 Å². The van der Waals surface area contributed by atoms with Gasteiger partial charge in [0.1, 0.15) is 6.54 Å². The lowest BCUT2D eigenvalue weighted by Crippen LogP contribution is -2.45. The monoisotopic (exact) mass is 353 g/mol. The topological polar surface area (TPSA) is 81.2 Å². The normalized spacial score (nSPS) is 17.9. The quantitative estimate of drug-likeness (QED) is 0.837. The van der Waals surface area contributed by atoms with Crippen molar-refractivity contribution in [3.63, 3.8) is 0 Å². The zero-order chi connectivity index (χ0) is 18.4. The van der Waals surface area contributed by atoms with Crippen molar-refractivity contribution in [2.45, 2.75) is 0 Å². The molecule has 1 saturated heterocycles. The number of carbonyl (C=O) groups excluding carboxylic acids is 2. The van der Waals surface area contributed by atoms with Crippen LogP contribution in [0.4, 0.5) is 5.69 Å². The van der Waals surface area contributed by atoms with Crippen LogP contribution in [0.25, 0.3) is 10.8 Å². The van der Waals surface area contributed by atoms with Gasteiger partial charge in [-0.15, -0.1) is 0 Å². The molecule has 0 radical (unpaired) electrons. The van der Waals surface area contributed by atoms with Crippen LogP contribution < -0.4 is 4.90 Å². The first-order valence-electron chi connectivity index (χ1n) is 8.54. The number of hydrogen-bond donors (Lipinski definition) is 1. The number of aliphatic carboxylic acids is 1. The average molecular weight is 353 g/mol. The zero-order valence-corrected chi connectivity index (χ0v) is 14.4. The van der Waals surface area contributed by atoms with Crippen molar-refractivity contribution in [2.24, 2.45) is 0 Å². The molecule has 1 N–H and O–H groups in total. The summed E-state index contributed by atoms with van der Waals surface area (Å²) in [6.07, 6.45) is 0. The molecule has 7 nitrogen and oxygen atoms in total. The van der Waals surface area contributed by atoms with Crippen molar-refractivity contribution in [3.05, 3.63) is 41.5 Å². The first-order chi connectivity index (χ1) is 12.5. The van der Waals surface area contributed by atoms with E-state index in [1.807, 2.05) is 12.1 Å². The number of likely N-dealkylation sites (N-methyl/N-ethyl adjacent to an activating group) is 1. The number of carboxylic acids is 1. The third kappa shape index (κ3) is 2.52. The summed E-state index contributed by atoms with van der Waals surface area (Å²) in [7, 11) is 2.09. The van der Waals surface area contributed by atoms with Gasteiger partial charge in [-0.1, -0.05) is 12.1 Å². The van der Waals surface area contributed by atoms with Gasteiger partial charge in [0.15, 0.2) is 0 Å². The number of amides is 2. The summed E-state index contributed by atoms with van der Waals surface area (Å²) in [6, 6.07) is 8.98. The Morgan fingerprint density at radius 1 is 1.00 bits per heavy atom. The van der Waals surface area contributed by atoms with Gasteiger partial charge in [0.2, 0.25) is 0 Å². The molecule has 134 valence electrons. The van der Waals surface area contributed by atoms with Gasteiger partial charge in [0.25, 0.3) is 11.8 Å². The van der Waals surface area contributed by atoms with Crippen LogP contribution in [0.2, 0.25) is 0 Å². The molecule has 0 saturated carbocycles. The number of anilines is 1. The molecule has 0 aliphatic carbocycles. The van der Waals surface area contributed by atoms with Crippen molar-refractivity contribution >= 4 is 34.2 Å². The minimum absolute atomic E-state index is 0.384. The molecule has 4 rings (SSSR count). The van der Waals surface area contributed by atoms with Gasteiger partial charge in [-0.05, 0) is 25.2 Å². The molecule has 26 heavy (non-hydrogen) atoms. The number of carbonyl (C=O) groups is 3. The maximum atomic E-state index is 12.7. The smallest absolute Gasteiger partial charge is 0.323 e. The Balaban J connectivity index is 1.85. The lowest BCUT2D eigenvalue weighted by molar-refractivity contribution is -0.137. The van der Waals surface area contributed by atoms with E-state index in [-0.39, 0.29) is 0 Å². The van der Waals surface area contributed by atoms with Crippen LogP contribution in [-0.4, -0.2) is 72.5 Å². The largest absolute Gasteiger partial charge is 0.480 e. The van der Waals surface area contributed by atoms with Crippen molar-refractivity contribution < 1.29 is 19.5 Å². The number of piperazine rings is 1. The summed E-state index contributed by atoms with van der Waals surface area (Å²) in [5, 5.41) is 10.5. The second-order valence-electron chi connectivity index (χ2n) is 6.74. The highest BCUT2D eigenvalue weighted by molar-refractivity contribution is 6.27. The molecule has 0 bridgehead atoms. The Bertz CT molecular complexity index is 910. The lowest BCUT2D eigenvalue weighted by Gasteiger charge is -2.35. The maximum absolute atomic E-state index is 12.7. The third-order valence-corrected chi connectivity index (χ3v) is 5.11. The predicted molar refractivity (Wildman–Crippen MR) is 96.7 cm³/mol. The fraction of sp³-hybridized carbons (Fsp3) is 0.316. The fourth-order valence-electron chi connectivity index (χ4n) is 3.73. The predicted octanol–water partition coefficient (Wildman–Crippen LogP) is 1.27. The van der Waals surface area contributed by atoms with Crippen molar-refractivity contribution in [1.29, 1.82) is 0 Å². The minimum atomic E-state index is -1.21. The Morgan fingerprint density at radius 3 is 2.31 bits per heavy atom. The van der Waals surface area contributed by atoms with E-state index in [1.165, 1.54) is 0 Å². The Morgan fingerprint density at radius 2 is 1.65 bits per heavy atom. The van der Waals surface area contributed by atoms with E-state index in [9.17, 15) is 14.4 Å². The minimum Gasteiger partial charge on any atom is -0.480 e. The van der Waals surface area contributed by atoms with Crippen molar-refractivity contribution in [3.8, 4) is 0 Å². The first kappa shape index (κ1) is 16.5. The molecule has 0 spiro atoms. The number of imide groups is 1. The molecule has 0 aromatic heterocycles. The van der Waals surface area contributed by atoms with E-state index >= 15 is 0 Å². The van der Waals surface area contributed by atoms with E-state index in [4.69, 9.17) is 5.11 Å². The Hall–Kier alpha value is -2.93. The van der Waals surface area contributed by atoms with Gasteiger partial charge < -0.3 is 14.9 Å². The molecule has 2 aliphatic heterocycles. The number of benzene rings is 2. The van der Waals surface area contributed by atoms with Gasteiger partial charge in [-0.3, -0.25) is 19.3 Å². The lowest BCUT2D eigenvalue weighted by atomic mass is 9.92. The maximum Gasteiger partial charge on any atom is 0.323 e. The summed E-state index contributed by atoms with van der Waals surface area (Å²) in [5.74, 6) is -2.31. The van der Waals surface area contributed by atoms with Crippen LogP contribution in [0.15, 0.2) is 30.3 Å². The van der Waals surface area contributed by atoms with Gasteiger partial charge in [-0.25, -0.2) is 0 Å². The average Bonchev–Trinajstić information content (AvgIpc) is 2.63. The van der Waals surface area contributed by atoms with Crippen LogP contribution in [0, 0.1) is 0 Å². The molecule has 2 aliphatic rings. The highest BCUT2D eigenvalue weighted by Crippen LogP contribution is 2.36. The Labute approximate surface area is 150 Å². The van der Waals surface area contributed by atoms with Crippen LogP contribution in [0.3, 0.4) is 0 Å². The van der Waals surface area contributed by atoms with E-state index in [0.29, 0.717) is 16.5 Å². The number of carboxylic acid groups (broad SMARTS) is 1. The first-order valence-corrected chi connectivity index (χ1v) is 8.54. The highest BCUT2D eigenvalue weighted by atomic mass is 16.4. The molecular weight excluding hydrogens is 334 g/mol. The van der Waals surface area contributed by atoms with Gasteiger partial charge in [0, 0.05) is 53.8 Å². The summed E-state index contributed by atoms with van der Waals surface area (Å²) in [4.78, 5) is 41.8. The van der Waals surface area contributed by atoms with E-state index < -0.39 is 24.3 Å². The SMILES string of the molecule is CN1CCN(c2ccc3c4c(cccc24)C(=O)N(CC(=O)O)C3=O)CC1. The number of nitrogens with zero attached hydrogens (tertiary/aromatic N) is 3. The molecule has 2 aromatic carbocycles. The fourth-order valence-corrected chi connectivity index (χ4v) is 3.73. The van der Waals surface area contributed by atoms with Crippen LogP contribution in [0.5, 0.6) is 0 Å². The van der Waals surface area contributed by atoms with Crippen LogP contribution in [-0.2, 0) is 4.79 Å². The van der Waals surface area contributed by atoms with Crippen LogP contribution in [0.1, 0.15) is 20.7 Å². The summed E-state index contributed by atoms with van der Waals surface area (Å²) in [6.45, 7) is 3.03. The third-order valence-electron chi connectivity index (χ3n) is 5.11. The molecule has 2 heterocycles. The second-order valence-corrected chi connectivity index (χ2v) is 6.74. The second kappa shape index (κ2) is 6.10. The molecule has 0 atom stereocenters. The highest BCUT2D eigenvalue weighted by Gasteiger charge is 2.34.